The molecule has 0 unspecified atom stereocenters. The van der Waals surface area contributed by atoms with Gasteiger partial charge < -0.3 is 4.42 Å². The van der Waals surface area contributed by atoms with Gasteiger partial charge in [-0.05, 0) is 12.1 Å². The average molecular weight is 369 g/mol. The van der Waals surface area contributed by atoms with Crippen LogP contribution in [0.3, 0.4) is 0 Å². The third-order valence-corrected chi connectivity index (χ3v) is 4.09. The van der Waals surface area contributed by atoms with Crippen molar-refractivity contribution in [3.63, 3.8) is 0 Å². The van der Waals surface area contributed by atoms with Crippen molar-refractivity contribution in [3.05, 3.63) is 113 Å². The Kier molecular flexibility index (Phi) is 4.76. The van der Waals surface area contributed by atoms with Crippen LogP contribution in [0.15, 0.2) is 99.6 Å². The quantitative estimate of drug-likeness (QED) is 0.398. The maximum Gasteiger partial charge on any atom is 0.368 e. The van der Waals surface area contributed by atoms with Crippen LogP contribution >= 0.6 is 0 Å². The standard InChI is InChI=1S/C22H15N3O3/c26-21(17-10-5-2-6-11-17)19-15-25(23-14-18-12-7-13-28-18)22(27)24-20(19)16-8-3-1-4-9-16/h1-15H/b23-14-. The first-order valence-corrected chi connectivity index (χ1v) is 8.59. The van der Waals surface area contributed by atoms with Crippen molar-refractivity contribution in [1.82, 2.24) is 9.66 Å². The molecule has 0 aliphatic heterocycles. The Morgan fingerprint density at radius 3 is 2.36 bits per heavy atom. The van der Waals surface area contributed by atoms with Crippen molar-refractivity contribution in [1.29, 1.82) is 0 Å². The van der Waals surface area contributed by atoms with Crippen LogP contribution in [-0.4, -0.2) is 21.7 Å². The van der Waals surface area contributed by atoms with Crippen molar-refractivity contribution >= 4 is 12.0 Å². The summed E-state index contributed by atoms with van der Waals surface area (Å²) in [5.41, 5.74) is 1.20. The maximum atomic E-state index is 13.1. The summed E-state index contributed by atoms with van der Waals surface area (Å²) in [4.78, 5) is 29.7. The molecule has 28 heavy (non-hydrogen) atoms. The Hall–Kier alpha value is -4.06. The lowest BCUT2D eigenvalue weighted by molar-refractivity contribution is 0.103. The summed E-state index contributed by atoms with van der Waals surface area (Å²) in [6.45, 7) is 0. The zero-order valence-electron chi connectivity index (χ0n) is 14.7. The van der Waals surface area contributed by atoms with Gasteiger partial charge >= 0.3 is 5.69 Å². The molecule has 6 nitrogen and oxygen atoms in total. The number of furan rings is 1. The van der Waals surface area contributed by atoms with Gasteiger partial charge in [0.15, 0.2) is 5.78 Å². The summed E-state index contributed by atoms with van der Waals surface area (Å²) in [7, 11) is 0. The van der Waals surface area contributed by atoms with Crippen LogP contribution < -0.4 is 5.69 Å². The van der Waals surface area contributed by atoms with E-state index in [1.165, 1.54) is 18.7 Å². The normalized spacial score (nSPS) is 11.0. The van der Waals surface area contributed by atoms with Gasteiger partial charge in [-0.1, -0.05) is 60.7 Å². The third-order valence-electron chi connectivity index (χ3n) is 4.09. The Morgan fingerprint density at radius 2 is 1.68 bits per heavy atom. The number of carbonyl (C=O) groups is 1. The number of hydrogen-bond acceptors (Lipinski definition) is 5. The molecule has 0 fully saturated rings. The molecule has 0 spiro atoms. The minimum atomic E-state index is -0.591. The molecule has 4 aromatic rings. The zero-order chi connectivity index (χ0) is 19.3. The van der Waals surface area contributed by atoms with Gasteiger partial charge in [0.05, 0.1) is 23.7 Å². The minimum Gasteiger partial charge on any atom is -0.463 e. The van der Waals surface area contributed by atoms with Gasteiger partial charge in [0.2, 0.25) is 0 Å². The summed E-state index contributed by atoms with van der Waals surface area (Å²) >= 11 is 0. The lowest BCUT2D eigenvalue weighted by Crippen LogP contribution is -2.23. The van der Waals surface area contributed by atoms with E-state index in [9.17, 15) is 9.59 Å². The SMILES string of the molecule is O=C(c1ccccc1)c1cn(/N=C\c2ccco2)c(=O)nc1-c1ccccc1. The molecule has 0 aliphatic carbocycles. The van der Waals surface area contributed by atoms with Gasteiger partial charge in [0.25, 0.3) is 0 Å². The number of benzene rings is 2. The molecular formula is C22H15N3O3. The maximum absolute atomic E-state index is 13.1. The van der Waals surface area contributed by atoms with Gasteiger partial charge in [-0.3, -0.25) is 4.79 Å². The van der Waals surface area contributed by atoms with E-state index in [0.717, 1.165) is 4.68 Å². The highest BCUT2D eigenvalue weighted by Gasteiger charge is 2.18. The van der Waals surface area contributed by atoms with Gasteiger partial charge in [0, 0.05) is 17.3 Å². The number of nitrogens with zero attached hydrogens (tertiary/aromatic N) is 3. The Balaban J connectivity index is 1.86. The molecule has 0 atom stereocenters. The Morgan fingerprint density at radius 1 is 0.964 bits per heavy atom. The largest absolute Gasteiger partial charge is 0.463 e. The highest BCUT2D eigenvalue weighted by Crippen LogP contribution is 2.22. The predicted molar refractivity (Wildman–Crippen MR) is 106 cm³/mol. The molecular weight excluding hydrogens is 354 g/mol. The number of rotatable bonds is 5. The molecule has 0 saturated carbocycles. The number of ketones is 1. The second-order valence-electron chi connectivity index (χ2n) is 5.95. The van der Waals surface area contributed by atoms with E-state index in [1.807, 2.05) is 24.3 Å². The Bertz CT molecular complexity index is 1180. The lowest BCUT2D eigenvalue weighted by atomic mass is 9.99. The first-order chi connectivity index (χ1) is 13.7. The van der Waals surface area contributed by atoms with Crippen LogP contribution in [0.2, 0.25) is 0 Å². The van der Waals surface area contributed by atoms with Crippen LogP contribution in [0.1, 0.15) is 21.7 Å². The molecule has 4 rings (SSSR count). The summed E-state index contributed by atoms with van der Waals surface area (Å²) in [6.07, 6.45) is 4.31. The molecule has 6 heteroatoms. The highest BCUT2D eigenvalue weighted by atomic mass is 16.3. The molecule has 2 aromatic carbocycles. The summed E-state index contributed by atoms with van der Waals surface area (Å²) in [6, 6.07) is 21.4. The summed E-state index contributed by atoms with van der Waals surface area (Å²) in [5, 5.41) is 4.09. The molecule has 0 aliphatic rings. The molecule has 0 N–H and O–H groups in total. The van der Waals surface area contributed by atoms with Gasteiger partial charge in [-0.15, -0.1) is 0 Å². The second kappa shape index (κ2) is 7.67. The zero-order valence-corrected chi connectivity index (χ0v) is 14.7. The highest BCUT2D eigenvalue weighted by molar-refractivity contribution is 6.12. The van der Waals surface area contributed by atoms with Gasteiger partial charge in [-0.2, -0.15) is 14.8 Å². The molecule has 0 saturated heterocycles. The van der Waals surface area contributed by atoms with Gasteiger partial charge in [0.1, 0.15) is 5.76 Å². The number of aromatic nitrogens is 2. The minimum absolute atomic E-state index is 0.242. The Labute approximate surface area is 160 Å². The van der Waals surface area contributed by atoms with Crippen LogP contribution in [0.5, 0.6) is 0 Å². The van der Waals surface area contributed by atoms with E-state index in [4.69, 9.17) is 4.42 Å². The fraction of sp³-hybridized carbons (Fsp3) is 0. The number of carbonyl (C=O) groups excluding carboxylic acids is 1. The summed E-state index contributed by atoms with van der Waals surface area (Å²) in [5.74, 6) is 0.240. The first kappa shape index (κ1) is 17.4. The second-order valence-corrected chi connectivity index (χ2v) is 5.95. The van der Waals surface area contributed by atoms with E-state index in [2.05, 4.69) is 10.1 Å². The fourth-order valence-electron chi connectivity index (χ4n) is 2.74. The van der Waals surface area contributed by atoms with Crippen molar-refractivity contribution in [3.8, 4) is 11.3 Å². The topological polar surface area (TPSA) is 77.5 Å². The van der Waals surface area contributed by atoms with Crippen LogP contribution in [0.25, 0.3) is 11.3 Å². The van der Waals surface area contributed by atoms with E-state index in [-0.39, 0.29) is 11.3 Å². The molecule has 0 amide bonds. The summed E-state index contributed by atoms with van der Waals surface area (Å²) < 4.78 is 6.22. The average Bonchev–Trinajstić information content (AvgIpc) is 3.27. The van der Waals surface area contributed by atoms with Crippen molar-refractivity contribution in [2.24, 2.45) is 5.10 Å². The van der Waals surface area contributed by atoms with Crippen LogP contribution in [-0.2, 0) is 0 Å². The molecule has 136 valence electrons. The van der Waals surface area contributed by atoms with Crippen LogP contribution in [0, 0.1) is 0 Å². The first-order valence-electron chi connectivity index (χ1n) is 8.59. The monoisotopic (exact) mass is 369 g/mol. The fourth-order valence-corrected chi connectivity index (χ4v) is 2.74. The molecule has 0 bridgehead atoms. The van der Waals surface area contributed by atoms with Gasteiger partial charge in [-0.25, -0.2) is 4.79 Å². The smallest absolute Gasteiger partial charge is 0.368 e. The van der Waals surface area contributed by atoms with E-state index < -0.39 is 5.69 Å². The molecule has 0 radical (unpaired) electrons. The van der Waals surface area contributed by atoms with Crippen molar-refractivity contribution in [2.45, 2.75) is 0 Å². The van der Waals surface area contributed by atoms with E-state index in [0.29, 0.717) is 22.6 Å². The van der Waals surface area contributed by atoms with Crippen LogP contribution in [0.4, 0.5) is 0 Å². The number of hydrogen-bond donors (Lipinski definition) is 0. The lowest BCUT2D eigenvalue weighted by Gasteiger charge is -2.09. The molecule has 2 aromatic heterocycles. The third kappa shape index (κ3) is 3.57. The van der Waals surface area contributed by atoms with Crippen molar-refractivity contribution in [2.75, 3.05) is 0 Å². The van der Waals surface area contributed by atoms with E-state index >= 15 is 0 Å². The van der Waals surface area contributed by atoms with Crippen molar-refractivity contribution < 1.29 is 9.21 Å². The molecule has 2 heterocycles. The predicted octanol–water partition coefficient (Wildman–Crippen LogP) is 3.62. The van der Waals surface area contributed by atoms with E-state index in [1.54, 1.807) is 48.5 Å².